The molecule has 0 aliphatic heterocycles. The van der Waals surface area contributed by atoms with Crippen molar-refractivity contribution in [1.82, 2.24) is 0 Å². The van der Waals surface area contributed by atoms with E-state index in [1.807, 2.05) is 0 Å². The van der Waals surface area contributed by atoms with Gasteiger partial charge in [0.1, 0.15) is 11.5 Å². The molecule has 3 rings (SSSR count). The summed E-state index contributed by atoms with van der Waals surface area (Å²) in [4.78, 5) is 25.4. The van der Waals surface area contributed by atoms with E-state index in [0.29, 0.717) is 22.0 Å². The fourth-order valence-corrected chi connectivity index (χ4v) is 2.92. The number of amides is 1. The van der Waals surface area contributed by atoms with E-state index in [-0.39, 0.29) is 11.3 Å². The molecule has 29 heavy (non-hydrogen) atoms. The number of aromatic hydroxyl groups is 1. The van der Waals surface area contributed by atoms with Gasteiger partial charge >= 0.3 is 5.97 Å². The minimum atomic E-state index is -1.20. The molecule has 0 aliphatic rings. The fourth-order valence-electron chi connectivity index (χ4n) is 2.66. The molecular formula is C22H18ClNO5. The number of phenols is 1. The molecule has 7 heteroatoms. The lowest BCUT2D eigenvalue weighted by Crippen LogP contribution is -2.26. The second-order valence-electron chi connectivity index (χ2n) is 6.08. The number of ether oxygens (including phenoxy) is 2. The summed E-state index contributed by atoms with van der Waals surface area (Å²) in [6.45, 7) is 0. The summed E-state index contributed by atoms with van der Waals surface area (Å²) in [6.07, 6.45) is -1.20. The van der Waals surface area contributed by atoms with Crippen LogP contribution in [0.5, 0.6) is 11.5 Å². The molecule has 148 valence electrons. The predicted molar refractivity (Wildman–Crippen MR) is 109 cm³/mol. The van der Waals surface area contributed by atoms with Crippen LogP contribution in [-0.2, 0) is 9.53 Å². The molecule has 1 atom stereocenters. The van der Waals surface area contributed by atoms with Crippen molar-refractivity contribution in [1.29, 1.82) is 0 Å². The van der Waals surface area contributed by atoms with E-state index in [9.17, 15) is 14.7 Å². The summed E-state index contributed by atoms with van der Waals surface area (Å²) in [7, 11) is 1.49. The molecule has 3 aromatic carbocycles. The van der Waals surface area contributed by atoms with E-state index < -0.39 is 18.0 Å². The highest BCUT2D eigenvalue weighted by atomic mass is 35.5. The van der Waals surface area contributed by atoms with E-state index in [1.54, 1.807) is 42.5 Å². The van der Waals surface area contributed by atoms with E-state index in [4.69, 9.17) is 21.1 Å². The minimum Gasteiger partial charge on any atom is -0.508 e. The fraction of sp³-hybridized carbons (Fsp3) is 0.0909. The van der Waals surface area contributed by atoms with Crippen molar-refractivity contribution >= 4 is 29.2 Å². The van der Waals surface area contributed by atoms with E-state index >= 15 is 0 Å². The smallest absolute Gasteiger partial charge is 0.339 e. The Morgan fingerprint density at radius 1 is 1.00 bits per heavy atom. The molecule has 1 amide bonds. The van der Waals surface area contributed by atoms with E-state index in [1.165, 1.54) is 37.4 Å². The lowest BCUT2D eigenvalue weighted by Gasteiger charge is -2.18. The Morgan fingerprint density at radius 2 is 1.76 bits per heavy atom. The number of hydrogen-bond donors (Lipinski definition) is 2. The SMILES string of the molecule is COc1ccc(NC(=O)C(OC(=O)c2cccc(O)c2)c2ccccc2)cc1Cl. The van der Waals surface area contributed by atoms with Gasteiger partial charge in [-0.05, 0) is 36.4 Å². The van der Waals surface area contributed by atoms with Gasteiger partial charge in [0.2, 0.25) is 6.10 Å². The number of anilines is 1. The first-order valence-corrected chi connectivity index (χ1v) is 9.05. The zero-order valence-electron chi connectivity index (χ0n) is 15.5. The number of carbonyl (C=O) groups excluding carboxylic acids is 2. The molecular weight excluding hydrogens is 394 g/mol. The number of nitrogens with one attached hydrogen (secondary N) is 1. The van der Waals surface area contributed by atoms with Crippen LogP contribution in [0.25, 0.3) is 0 Å². The van der Waals surface area contributed by atoms with Crippen LogP contribution in [0.1, 0.15) is 22.0 Å². The van der Waals surface area contributed by atoms with Gasteiger partial charge in [0.25, 0.3) is 5.91 Å². The quantitative estimate of drug-likeness (QED) is 0.579. The number of carbonyl (C=O) groups is 2. The number of phenolic OH excluding ortho intramolecular Hbond substituents is 1. The van der Waals surface area contributed by atoms with Gasteiger partial charge in [-0.15, -0.1) is 0 Å². The summed E-state index contributed by atoms with van der Waals surface area (Å²) in [5, 5.41) is 12.6. The highest BCUT2D eigenvalue weighted by molar-refractivity contribution is 6.32. The molecule has 1 unspecified atom stereocenters. The highest BCUT2D eigenvalue weighted by Gasteiger charge is 2.26. The van der Waals surface area contributed by atoms with Crippen molar-refractivity contribution in [3.8, 4) is 11.5 Å². The van der Waals surface area contributed by atoms with Crippen molar-refractivity contribution in [2.45, 2.75) is 6.10 Å². The minimum absolute atomic E-state index is 0.0759. The molecule has 3 aromatic rings. The zero-order valence-corrected chi connectivity index (χ0v) is 16.2. The Bertz CT molecular complexity index is 1020. The third-order valence-corrected chi connectivity index (χ3v) is 4.36. The van der Waals surface area contributed by atoms with Crippen LogP contribution in [0.4, 0.5) is 5.69 Å². The third kappa shape index (κ3) is 5.06. The van der Waals surface area contributed by atoms with Crippen LogP contribution in [0.3, 0.4) is 0 Å². The maximum absolute atomic E-state index is 12.9. The Morgan fingerprint density at radius 3 is 2.41 bits per heavy atom. The van der Waals surface area contributed by atoms with Gasteiger partial charge in [-0.1, -0.05) is 48.0 Å². The van der Waals surface area contributed by atoms with Gasteiger partial charge in [0, 0.05) is 11.3 Å². The molecule has 0 spiro atoms. The number of methoxy groups -OCH3 is 1. The first kappa shape index (κ1) is 20.2. The van der Waals surface area contributed by atoms with Gasteiger partial charge in [-0.2, -0.15) is 0 Å². The molecule has 6 nitrogen and oxygen atoms in total. The van der Waals surface area contributed by atoms with Crippen LogP contribution in [0, 0.1) is 0 Å². The second-order valence-corrected chi connectivity index (χ2v) is 6.49. The average Bonchev–Trinajstić information content (AvgIpc) is 2.72. The molecule has 0 fully saturated rings. The Kier molecular flexibility index (Phi) is 6.36. The van der Waals surface area contributed by atoms with Crippen LogP contribution in [-0.4, -0.2) is 24.1 Å². The van der Waals surface area contributed by atoms with E-state index in [2.05, 4.69) is 5.32 Å². The lowest BCUT2D eigenvalue weighted by atomic mass is 10.1. The van der Waals surface area contributed by atoms with Gasteiger partial charge in [0.05, 0.1) is 17.7 Å². The molecule has 0 aliphatic carbocycles. The Labute approximate surface area is 172 Å². The molecule has 0 radical (unpaired) electrons. The molecule has 0 aromatic heterocycles. The van der Waals surface area contributed by atoms with Crippen LogP contribution in [0.2, 0.25) is 5.02 Å². The number of halogens is 1. The average molecular weight is 412 g/mol. The number of hydrogen-bond acceptors (Lipinski definition) is 5. The van der Waals surface area contributed by atoms with Crippen molar-refractivity contribution in [2.75, 3.05) is 12.4 Å². The highest BCUT2D eigenvalue weighted by Crippen LogP contribution is 2.28. The molecule has 0 heterocycles. The second kappa shape index (κ2) is 9.12. The van der Waals surface area contributed by atoms with Gasteiger partial charge < -0.3 is 19.9 Å². The zero-order chi connectivity index (χ0) is 20.8. The summed E-state index contributed by atoms with van der Waals surface area (Å²) in [5.74, 6) is -0.892. The van der Waals surface area contributed by atoms with Gasteiger partial charge in [-0.25, -0.2) is 4.79 Å². The maximum atomic E-state index is 12.9. The molecule has 0 bridgehead atoms. The van der Waals surface area contributed by atoms with Crippen molar-refractivity contribution in [3.05, 3.63) is 88.9 Å². The van der Waals surface area contributed by atoms with Gasteiger partial charge in [-0.3, -0.25) is 4.79 Å². The number of benzene rings is 3. The van der Waals surface area contributed by atoms with Crippen LogP contribution in [0.15, 0.2) is 72.8 Å². The summed E-state index contributed by atoms with van der Waals surface area (Å²) in [5.41, 5.74) is 1.06. The van der Waals surface area contributed by atoms with E-state index in [0.717, 1.165) is 0 Å². The maximum Gasteiger partial charge on any atom is 0.339 e. The number of rotatable bonds is 6. The lowest BCUT2D eigenvalue weighted by molar-refractivity contribution is -0.125. The first-order valence-electron chi connectivity index (χ1n) is 8.67. The molecule has 0 saturated carbocycles. The Balaban J connectivity index is 1.84. The largest absolute Gasteiger partial charge is 0.508 e. The van der Waals surface area contributed by atoms with Gasteiger partial charge in [0.15, 0.2) is 0 Å². The standard InChI is InChI=1S/C22H18ClNO5/c1-28-19-11-10-16(13-18(19)23)24-21(26)20(14-6-3-2-4-7-14)29-22(27)15-8-5-9-17(25)12-15/h2-13,20,25H,1H3,(H,24,26). The normalized spacial score (nSPS) is 11.4. The van der Waals surface area contributed by atoms with Crippen molar-refractivity contribution < 1.29 is 24.2 Å². The third-order valence-electron chi connectivity index (χ3n) is 4.07. The predicted octanol–water partition coefficient (Wildman–Crippen LogP) is 4.59. The van der Waals surface area contributed by atoms with Crippen molar-refractivity contribution in [2.24, 2.45) is 0 Å². The summed E-state index contributed by atoms with van der Waals surface area (Å²) in [6, 6.07) is 19.1. The summed E-state index contributed by atoms with van der Waals surface area (Å²) >= 11 is 6.10. The Hall–Kier alpha value is -3.51. The summed E-state index contributed by atoms with van der Waals surface area (Å²) < 4.78 is 10.6. The topological polar surface area (TPSA) is 84.9 Å². The molecule has 2 N–H and O–H groups in total. The van der Waals surface area contributed by atoms with Crippen LogP contribution >= 0.6 is 11.6 Å². The van der Waals surface area contributed by atoms with Crippen molar-refractivity contribution in [3.63, 3.8) is 0 Å². The molecule has 0 saturated heterocycles. The number of esters is 1. The van der Waals surface area contributed by atoms with Crippen LogP contribution < -0.4 is 10.1 Å². The first-order chi connectivity index (χ1) is 14.0. The monoisotopic (exact) mass is 411 g/mol.